The van der Waals surface area contributed by atoms with Crippen LogP contribution in [0, 0.1) is 0 Å². The Morgan fingerprint density at radius 3 is 3.00 bits per heavy atom. The van der Waals surface area contributed by atoms with Gasteiger partial charge in [0.1, 0.15) is 6.04 Å². The summed E-state index contributed by atoms with van der Waals surface area (Å²) in [7, 11) is 0. The minimum atomic E-state index is -0.159. The van der Waals surface area contributed by atoms with E-state index in [4.69, 9.17) is 4.74 Å². The van der Waals surface area contributed by atoms with E-state index in [1.807, 2.05) is 16.9 Å². The maximum atomic E-state index is 11.3. The Balaban J connectivity index is 1.92. The Morgan fingerprint density at radius 2 is 2.44 bits per heavy atom. The molecule has 16 heavy (non-hydrogen) atoms. The minimum Gasteiger partial charge on any atom is -0.464 e. The van der Waals surface area contributed by atoms with Crippen LogP contribution in [0.2, 0.25) is 0 Å². The van der Waals surface area contributed by atoms with Crippen molar-refractivity contribution in [3.63, 3.8) is 0 Å². The lowest BCUT2D eigenvalue weighted by Crippen LogP contribution is -2.43. The third-order valence-corrected chi connectivity index (χ3v) is 3.07. The fourth-order valence-corrected chi connectivity index (χ4v) is 1.85. The number of carbonyl (C=O) groups excluding carboxylic acids is 1. The number of carbonyl (C=O) groups is 1. The van der Waals surface area contributed by atoms with Crippen LogP contribution in [0.5, 0.6) is 0 Å². The lowest BCUT2D eigenvalue weighted by atomic mass is 10.1. The smallest absolute Gasteiger partial charge is 0.323 e. The van der Waals surface area contributed by atoms with E-state index in [0.717, 1.165) is 6.42 Å². The van der Waals surface area contributed by atoms with Gasteiger partial charge in [0, 0.05) is 24.9 Å². The Hall–Kier alpha value is -1.36. The van der Waals surface area contributed by atoms with Crippen molar-refractivity contribution in [2.24, 2.45) is 0 Å². The van der Waals surface area contributed by atoms with Gasteiger partial charge in [-0.1, -0.05) is 0 Å². The lowest BCUT2D eigenvalue weighted by molar-refractivity contribution is -0.139. The van der Waals surface area contributed by atoms with Gasteiger partial charge in [0.05, 0.1) is 12.6 Å². The predicted octanol–water partition coefficient (Wildman–Crippen LogP) is 0.738. The monoisotopic (exact) mass is 223 g/mol. The first kappa shape index (κ1) is 11.1. The van der Waals surface area contributed by atoms with Gasteiger partial charge in [-0.25, -0.2) is 0 Å². The van der Waals surface area contributed by atoms with E-state index in [1.54, 1.807) is 6.20 Å². The second kappa shape index (κ2) is 4.65. The second-order valence-corrected chi connectivity index (χ2v) is 4.19. The number of hydrogen-bond donors (Lipinski definition) is 1. The van der Waals surface area contributed by atoms with E-state index in [9.17, 15) is 4.79 Å². The first-order valence-electron chi connectivity index (χ1n) is 5.60. The zero-order valence-electron chi connectivity index (χ0n) is 9.59. The molecule has 1 aromatic heterocycles. The molecule has 0 radical (unpaired) electrons. The van der Waals surface area contributed by atoms with Gasteiger partial charge in [0.2, 0.25) is 0 Å². The molecule has 1 aromatic rings. The number of ether oxygens (including phenoxy) is 1. The third kappa shape index (κ3) is 2.24. The summed E-state index contributed by atoms with van der Waals surface area (Å²) in [5, 5.41) is 7.47. The number of nitrogens with zero attached hydrogens (tertiary/aromatic N) is 2. The Bertz CT molecular complexity index is 350. The molecule has 3 atom stereocenters. The molecule has 0 amide bonds. The zero-order valence-corrected chi connectivity index (χ0v) is 9.59. The molecule has 0 aliphatic carbocycles. The topological polar surface area (TPSA) is 56.1 Å². The van der Waals surface area contributed by atoms with Crippen LogP contribution in [0.25, 0.3) is 0 Å². The average molecular weight is 223 g/mol. The number of nitrogens with one attached hydrogen (secondary N) is 1. The van der Waals surface area contributed by atoms with Crippen LogP contribution in [0.3, 0.4) is 0 Å². The van der Waals surface area contributed by atoms with Gasteiger partial charge in [-0.15, -0.1) is 0 Å². The van der Waals surface area contributed by atoms with Gasteiger partial charge < -0.3 is 4.74 Å². The van der Waals surface area contributed by atoms with Gasteiger partial charge in [-0.3, -0.25) is 14.8 Å². The minimum absolute atomic E-state index is 0.139. The van der Waals surface area contributed by atoms with E-state index in [1.165, 1.54) is 0 Å². The molecule has 0 saturated carbocycles. The van der Waals surface area contributed by atoms with Crippen LogP contribution >= 0.6 is 0 Å². The van der Waals surface area contributed by atoms with Crippen molar-refractivity contribution in [3.05, 3.63) is 18.5 Å². The highest BCUT2D eigenvalue weighted by atomic mass is 16.5. The fourth-order valence-electron chi connectivity index (χ4n) is 1.85. The quantitative estimate of drug-likeness (QED) is 0.765. The van der Waals surface area contributed by atoms with Crippen molar-refractivity contribution >= 4 is 5.97 Å². The van der Waals surface area contributed by atoms with Crippen molar-refractivity contribution in [1.29, 1.82) is 0 Å². The molecular formula is C11H17N3O2. The molecule has 0 spiro atoms. The summed E-state index contributed by atoms with van der Waals surface area (Å²) >= 11 is 0. The molecule has 2 heterocycles. The highest BCUT2D eigenvalue weighted by molar-refractivity contribution is 5.77. The van der Waals surface area contributed by atoms with E-state index in [-0.39, 0.29) is 24.1 Å². The number of aromatic nitrogens is 2. The molecule has 88 valence electrons. The molecule has 0 unspecified atom stereocenters. The van der Waals surface area contributed by atoms with E-state index in [2.05, 4.69) is 24.3 Å². The Morgan fingerprint density at radius 1 is 1.62 bits per heavy atom. The largest absolute Gasteiger partial charge is 0.464 e. The molecular weight excluding hydrogens is 206 g/mol. The number of rotatable bonds is 4. The first-order chi connectivity index (χ1) is 7.68. The maximum Gasteiger partial charge on any atom is 0.323 e. The first-order valence-corrected chi connectivity index (χ1v) is 5.60. The van der Waals surface area contributed by atoms with E-state index in [0.29, 0.717) is 6.61 Å². The summed E-state index contributed by atoms with van der Waals surface area (Å²) in [6.07, 6.45) is 4.44. The SMILES string of the molecule is C[C@H](N[C@@H]1CCOC1=O)[C@@H](C)n1cccn1. The van der Waals surface area contributed by atoms with Crippen molar-refractivity contribution in [3.8, 4) is 0 Å². The number of esters is 1. The molecule has 2 rings (SSSR count). The van der Waals surface area contributed by atoms with Crippen LogP contribution in [0.4, 0.5) is 0 Å². The van der Waals surface area contributed by atoms with Crippen molar-refractivity contribution in [1.82, 2.24) is 15.1 Å². The highest BCUT2D eigenvalue weighted by Crippen LogP contribution is 2.13. The molecule has 0 bridgehead atoms. The molecule has 1 saturated heterocycles. The summed E-state index contributed by atoms with van der Waals surface area (Å²) in [6.45, 7) is 4.66. The lowest BCUT2D eigenvalue weighted by Gasteiger charge is -2.23. The molecule has 1 aliphatic heterocycles. The Labute approximate surface area is 94.8 Å². The normalized spacial score (nSPS) is 24.1. The summed E-state index contributed by atoms with van der Waals surface area (Å²) in [5.41, 5.74) is 0. The van der Waals surface area contributed by atoms with Gasteiger partial charge in [-0.2, -0.15) is 5.10 Å². The predicted molar refractivity (Wildman–Crippen MR) is 58.9 cm³/mol. The van der Waals surface area contributed by atoms with Crippen LogP contribution in [-0.4, -0.2) is 34.4 Å². The van der Waals surface area contributed by atoms with Crippen LogP contribution < -0.4 is 5.32 Å². The summed E-state index contributed by atoms with van der Waals surface area (Å²) in [5.74, 6) is -0.139. The van der Waals surface area contributed by atoms with Gasteiger partial charge in [-0.05, 0) is 19.9 Å². The van der Waals surface area contributed by atoms with Gasteiger partial charge in [0.15, 0.2) is 0 Å². The Kier molecular flexibility index (Phi) is 3.24. The van der Waals surface area contributed by atoms with Crippen molar-refractivity contribution < 1.29 is 9.53 Å². The van der Waals surface area contributed by atoms with Crippen LogP contribution in [-0.2, 0) is 9.53 Å². The number of cyclic esters (lactones) is 1. The number of hydrogen-bond acceptors (Lipinski definition) is 4. The fraction of sp³-hybridized carbons (Fsp3) is 0.636. The van der Waals surface area contributed by atoms with Gasteiger partial charge in [0.25, 0.3) is 0 Å². The molecule has 0 aromatic carbocycles. The highest BCUT2D eigenvalue weighted by Gasteiger charge is 2.29. The zero-order chi connectivity index (χ0) is 11.5. The van der Waals surface area contributed by atoms with Crippen LogP contribution in [0.1, 0.15) is 26.3 Å². The molecule has 5 heteroatoms. The van der Waals surface area contributed by atoms with E-state index < -0.39 is 0 Å². The summed E-state index contributed by atoms with van der Waals surface area (Å²) < 4.78 is 6.80. The third-order valence-electron chi connectivity index (χ3n) is 3.07. The molecule has 1 aliphatic rings. The van der Waals surface area contributed by atoms with Crippen molar-refractivity contribution in [2.45, 2.75) is 38.4 Å². The molecule has 1 N–H and O–H groups in total. The average Bonchev–Trinajstić information content (AvgIpc) is 2.89. The summed E-state index contributed by atoms with van der Waals surface area (Å²) in [6, 6.07) is 2.12. The van der Waals surface area contributed by atoms with Crippen LogP contribution in [0.15, 0.2) is 18.5 Å². The second-order valence-electron chi connectivity index (χ2n) is 4.19. The molecule has 5 nitrogen and oxygen atoms in total. The maximum absolute atomic E-state index is 11.3. The summed E-state index contributed by atoms with van der Waals surface area (Å²) in [4.78, 5) is 11.3. The molecule has 1 fully saturated rings. The van der Waals surface area contributed by atoms with Crippen molar-refractivity contribution in [2.75, 3.05) is 6.61 Å². The van der Waals surface area contributed by atoms with Gasteiger partial charge >= 0.3 is 5.97 Å². The van der Waals surface area contributed by atoms with E-state index >= 15 is 0 Å². The standard InChI is InChI=1S/C11H17N3O2/c1-8(9(2)14-6-3-5-12-14)13-10-4-7-16-11(10)15/h3,5-6,8-10,13H,4,7H2,1-2H3/t8-,9+,10+/m0/s1.